The first-order valence-electron chi connectivity index (χ1n) is 39.0. The van der Waals surface area contributed by atoms with Crippen molar-refractivity contribution in [3.05, 3.63) is 209 Å². The normalized spacial score (nSPS) is 19.6. The maximum absolute atomic E-state index is 14.6. The Hall–Kier alpha value is -9.96. The number of ketones is 1. The number of hydrogen-bond donors (Lipinski definition) is 5. The van der Waals surface area contributed by atoms with E-state index in [1.165, 1.54) is 66.8 Å². The van der Waals surface area contributed by atoms with Crippen LogP contribution in [0.5, 0.6) is 0 Å². The summed E-state index contributed by atoms with van der Waals surface area (Å²) in [5.41, 5.74) is 13.7. The molecule has 2 aromatic carbocycles. The average Bonchev–Trinajstić information content (AvgIpc) is 1.63. The van der Waals surface area contributed by atoms with Crippen LogP contribution in [0.25, 0.3) is 22.5 Å². The van der Waals surface area contributed by atoms with Gasteiger partial charge in [-0.1, -0.05) is 23.7 Å². The molecule has 125 heavy (non-hydrogen) atoms. The highest BCUT2D eigenvalue weighted by Crippen LogP contribution is 2.43. The third-order valence-corrected chi connectivity index (χ3v) is 23.7. The van der Waals surface area contributed by atoms with E-state index in [2.05, 4.69) is 71.0 Å². The number of aliphatic hydroxyl groups is 1. The first kappa shape index (κ1) is 92.7. The number of aliphatic hydroxyl groups excluding tert-OH is 1. The molecule has 6 aromatic heterocycles. The summed E-state index contributed by atoms with van der Waals surface area (Å²) in [6.07, 6.45) is 6.66. The molecular weight excluding hydrogens is 1780 g/mol. The molecule has 0 radical (unpaired) electrons. The minimum absolute atomic E-state index is 0.000305. The van der Waals surface area contributed by atoms with Crippen molar-refractivity contribution in [2.75, 3.05) is 192 Å². The summed E-state index contributed by atoms with van der Waals surface area (Å²) < 4.78 is 142. The molecule has 8 aromatic rings. The number of pyridine rings is 6. The monoisotopic (exact) mass is 1860 g/mol. The lowest BCUT2D eigenvalue weighted by Gasteiger charge is -2.44. The Bertz CT molecular complexity index is 5150. The highest BCUT2D eigenvalue weighted by molar-refractivity contribution is 9.10. The van der Waals surface area contributed by atoms with E-state index in [4.69, 9.17) is 75.5 Å². The fourth-order valence-electron chi connectivity index (χ4n) is 14.3. The quantitative estimate of drug-likeness (QED) is 0.0339. The van der Waals surface area contributed by atoms with Crippen molar-refractivity contribution in [1.82, 2.24) is 49.9 Å². The van der Waals surface area contributed by atoms with Gasteiger partial charge in [-0.3, -0.25) is 30.0 Å². The summed E-state index contributed by atoms with van der Waals surface area (Å²) in [6.45, 7) is 18.3. The van der Waals surface area contributed by atoms with Crippen LogP contribution in [-0.2, 0) is 85.5 Å². The molecule has 5 spiro atoms. The highest BCUT2D eigenvalue weighted by Gasteiger charge is 2.53. The van der Waals surface area contributed by atoms with Crippen molar-refractivity contribution in [2.24, 2.45) is 5.73 Å². The number of nitrogens with one attached hydrogen (secondary N) is 2. The van der Waals surface area contributed by atoms with Crippen molar-refractivity contribution in [2.45, 2.75) is 48.1 Å². The zero-order valence-electron chi connectivity index (χ0n) is 67.4. The minimum atomic E-state index is -1.95. The molecule has 21 rings (SSSR count). The standard InChI is InChI=1S/C25H22F2N4O4P.C14H9ClF2N2O2P.C10H11N3O4.C10H13N3O2.C5H3BrN2O2.2C5H9NO2.C3H4O2.C2H7NO/c1-36(33)31-12-21-22(24(31)32)15(10-20(29-21)23-18(26)3-2-4-19(23)27)9-16-5-6-17(11-28-16)30-7-8-35-25(30)13-34-14-25;1-22(21)19-6-11-12(14(19)20)7(15)5-10(18-11)13-8(16)3-2-4-9(13)17;14-13(15)9-2-1-8(5-11-9)12-3-4-17-10(12)6-16-7-10;11-9-2-1-8(5-12-9)13-3-4-15-10(13)6-14-7-10;6-4-1-2-5(7-3-4)8(9)10;2*1-2-8-5(6-1)3-7-4-5;4-3-1-5-2-3;3-1-2-4/h2-6,10-11H,7-9,12-14H2,1H3;2-5H,6H2,1H3;1-2,5H,3-4,6-7H2;1-2,5H,3-4,6-7H2,(H2,11,12);1-3H;2*6H,1-4H2;1-2H2;4H,1-3H2/q2*+1;;;;;;;. The largest absolute Gasteiger partial charge is 0.462 e. The third kappa shape index (κ3) is 21.5. The van der Waals surface area contributed by atoms with Crippen molar-refractivity contribution in [1.29, 1.82) is 0 Å². The van der Waals surface area contributed by atoms with Crippen LogP contribution >= 0.6 is 43.4 Å². The number of carbonyl (C=O) groups excluding carboxylic acids is 3. The van der Waals surface area contributed by atoms with E-state index in [0.29, 0.717) is 101 Å². The SMILES string of the molecule is C1COC2(COC2)N1.C1COC2(COC2)N1.C[P+](=O)N1Cc2nc(-c3c(F)cccc3F)cc(Cc3ccc(N4CCOC45COC5)cn3)c2C1=O.C[P+](=O)N1Cc2nc(-c3c(F)cccc3F)cc(Cl)c2C1=O.NCCO.Nc1ccc(N2CCOC23COC3)cn1.O=C1COC1.O=[N+]([O-])c1ccc(Br)cn1.O=[N+]([O-])c1ccc(N2CCOC23COC3)cn1. The van der Waals surface area contributed by atoms with Gasteiger partial charge in [-0.15, -0.1) is 9.34 Å². The number of fused-ring (bicyclic) bond motifs is 2. The van der Waals surface area contributed by atoms with Gasteiger partial charge in [0.05, 0.1) is 190 Å². The minimum Gasteiger partial charge on any atom is -0.395 e. The second kappa shape index (κ2) is 41.2. The van der Waals surface area contributed by atoms with Crippen LogP contribution in [0, 0.1) is 43.5 Å². The lowest BCUT2D eigenvalue weighted by molar-refractivity contribution is -0.389. The molecule has 19 heterocycles. The lowest BCUT2D eigenvalue weighted by atomic mass is 9.98. The van der Waals surface area contributed by atoms with E-state index in [1.54, 1.807) is 30.6 Å². The van der Waals surface area contributed by atoms with Crippen LogP contribution in [0.4, 0.5) is 52.1 Å². The summed E-state index contributed by atoms with van der Waals surface area (Å²) in [6, 6.07) is 23.4. The molecule has 2 amide bonds. The third-order valence-electron chi connectivity index (χ3n) is 20.9. The molecular formula is C79H87BrClF4N17O21P2+2. The van der Waals surface area contributed by atoms with Gasteiger partial charge in [0.25, 0.3) is 11.8 Å². The fraction of sp³-hybridized carbons (Fsp3) is 0.430. The van der Waals surface area contributed by atoms with Gasteiger partial charge in [-0.05, 0) is 123 Å². The van der Waals surface area contributed by atoms with E-state index >= 15 is 0 Å². The number of carbonyl (C=O) groups is 3. The highest BCUT2D eigenvalue weighted by atomic mass is 79.9. The second-order valence-electron chi connectivity index (χ2n) is 29.4. The summed E-state index contributed by atoms with van der Waals surface area (Å²) in [4.78, 5) is 85.4. The van der Waals surface area contributed by atoms with Gasteiger partial charge in [-0.2, -0.15) is 0 Å². The Kier molecular flexibility index (Phi) is 30.6. The number of aromatic nitrogens is 6. The number of halogens is 6. The Labute approximate surface area is 726 Å². The molecule has 0 saturated carbocycles. The molecule has 13 aliphatic rings. The van der Waals surface area contributed by atoms with Crippen LogP contribution in [-0.4, -0.2) is 272 Å². The first-order chi connectivity index (χ1) is 60.1. The zero-order chi connectivity index (χ0) is 88.8. The van der Waals surface area contributed by atoms with Crippen LogP contribution in [0.2, 0.25) is 5.02 Å². The maximum atomic E-state index is 14.6. The predicted octanol–water partition coefficient (Wildman–Crippen LogP) is 7.63. The maximum Gasteiger partial charge on any atom is 0.462 e. The van der Waals surface area contributed by atoms with Crippen molar-refractivity contribution < 1.29 is 108 Å². The smallest absolute Gasteiger partial charge is 0.395 e. The number of nitro groups is 2. The van der Waals surface area contributed by atoms with Gasteiger partial charge < -0.3 is 104 Å². The predicted molar refractivity (Wildman–Crippen MR) is 444 cm³/mol. The van der Waals surface area contributed by atoms with Crippen molar-refractivity contribution in [3.63, 3.8) is 0 Å². The van der Waals surface area contributed by atoms with Gasteiger partial charge in [0.15, 0.2) is 60.1 Å². The number of anilines is 4. The average molecular weight is 1860 g/mol. The first-order valence-corrected chi connectivity index (χ1v) is 43.5. The molecule has 7 N–H and O–H groups in total. The lowest BCUT2D eigenvalue weighted by Crippen LogP contribution is -2.60. The second-order valence-corrected chi connectivity index (χ2v) is 33.5. The Morgan fingerprint density at radius 3 is 1.26 bits per heavy atom. The number of nitrogen functional groups attached to an aromatic ring is 1. The molecule has 11 saturated heterocycles. The van der Waals surface area contributed by atoms with Gasteiger partial charge in [0.1, 0.15) is 55.4 Å². The topological polar surface area (TPSA) is 463 Å². The molecule has 38 nitrogen and oxygen atoms in total. The molecule has 46 heteroatoms. The van der Waals surface area contributed by atoms with E-state index in [0.717, 1.165) is 129 Å². The fourth-order valence-corrected chi connectivity index (χ4v) is 16.2. The van der Waals surface area contributed by atoms with Crippen molar-refractivity contribution in [3.8, 4) is 22.5 Å². The van der Waals surface area contributed by atoms with E-state index in [-0.39, 0.29) is 105 Å². The summed E-state index contributed by atoms with van der Waals surface area (Å²) in [5, 5.41) is 34.8. The number of nitrogens with zero attached hydrogens (tertiary/aromatic N) is 13. The van der Waals surface area contributed by atoms with Gasteiger partial charge in [0, 0.05) is 63.5 Å². The number of ether oxygens (including phenoxy) is 11. The number of hydrogen-bond acceptors (Lipinski definition) is 34. The Morgan fingerprint density at radius 1 is 0.536 bits per heavy atom. The molecule has 11 fully saturated rings. The van der Waals surface area contributed by atoms with Crippen LogP contribution < -0.4 is 36.8 Å². The molecule has 664 valence electrons. The van der Waals surface area contributed by atoms with Crippen LogP contribution in [0.3, 0.4) is 0 Å². The molecule has 13 aliphatic heterocycles. The zero-order valence-corrected chi connectivity index (χ0v) is 71.5. The molecule has 0 bridgehead atoms. The van der Waals surface area contributed by atoms with Crippen molar-refractivity contribution >= 4 is 95.5 Å². The summed E-state index contributed by atoms with van der Waals surface area (Å²) in [5.74, 6) is -3.47. The van der Waals surface area contributed by atoms with Crippen LogP contribution in [0.1, 0.15) is 43.4 Å². The molecule has 2 unspecified atom stereocenters. The van der Waals surface area contributed by atoms with E-state index < -0.39 is 66.6 Å². The molecule has 0 aliphatic carbocycles. The van der Waals surface area contributed by atoms with E-state index in [1.807, 2.05) is 23.1 Å². The van der Waals surface area contributed by atoms with Gasteiger partial charge >= 0.3 is 27.5 Å². The number of benzene rings is 2. The number of nitrogens with two attached hydrogens (primary N) is 2. The Balaban J connectivity index is 0.000000130. The van der Waals surface area contributed by atoms with Gasteiger partial charge in [-0.25, -0.2) is 32.5 Å². The molecule has 2 atom stereocenters. The number of Topliss-reactive ketones (excluding diaryl/α,β-unsaturated/α-hetero) is 1. The van der Waals surface area contributed by atoms with Crippen LogP contribution in [0.15, 0.2) is 126 Å². The summed E-state index contributed by atoms with van der Waals surface area (Å²) in [7, 11) is -3.84. The summed E-state index contributed by atoms with van der Waals surface area (Å²) >= 11 is 9.18. The van der Waals surface area contributed by atoms with Gasteiger partial charge in [0.2, 0.25) is 0 Å². The Morgan fingerprint density at radius 2 is 0.936 bits per heavy atom. The van der Waals surface area contributed by atoms with E-state index in [9.17, 15) is 61.3 Å². The number of amides is 2. The number of rotatable bonds is 12.